The van der Waals surface area contributed by atoms with E-state index >= 15 is 0 Å². The summed E-state index contributed by atoms with van der Waals surface area (Å²) >= 11 is 3.54. The predicted octanol–water partition coefficient (Wildman–Crippen LogP) is 4.88. The molecule has 0 bridgehead atoms. The number of halogens is 1. The van der Waals surface area contributed by atoms with Crippen molar-refractivity contribution in [3.8, 4) is 0 Å². The Morgan fingerprint density at radius 2 is 1.89 bits per heavy atom. The van der Waals surface area contributed by atoms with Crippen LogP contribution in [0.4, 0.5) is 5.69 Å². The SMILES string of the molecule is Cc1ccc(Br)c(NC/C=C/c2ccccc2)c1. The minimum absolute atomic E-state index is 0.816. The summed E-state index contributed by atoms with van der Waals surface area (Å²) < 4.78 is 1.10. The van der Waals surface area contributed by atoms with Crippen LogP contribution in [0.5, 0.6) is 0 Å². The van der Waals surface area contributed by atoms with E-state index in [0.29, 0.717) is 0 Å². The standard InChI is InChI=1S/C16H16BrN/c1-13-9-10-15(17)16(12-13)18-11-5-8-14-6-3-2-4-7-14/h2-10,12,18H,11H2,1H3/b8-5+. The van der Waals surface area contributed by atoms with Crippen LogP contribution in [0.15, 0.2) is 59.1 Å². The summed E-state index contributed by atoms with van der Waals surface area (Å²) in [4.78, 5) is 0. The first kappa shape index (κ1) is 12.9. The molecule has 0 amide bonds. The van der Waals surface area contributed by atoms with Crippen molar-refractivity contribution in [1.82, 2.24) is 0 Å². The lowest BCUT2D eigenvalue weighted by Crippen LogP contribution is -1.99. The zero-order valence-corrected chi connectivity index (χ0v) is 11.9. The summed E-state index contributed by atoms with van der Waals surface area (Å²) in [6.07, 6.45) is 4.25. The molecule has 0 heterocycles. The van der Waals surface area contributed by atoms with E-state index in [1.165, 1.54) is 11.1 Å². The van der Waals surface area contributed by atoms with Crippen LogP contribution in [0.1, 0.15) is 11.1 Å². The lowest BCUT2D eigenvalue weighted by atomic mass is 10.2. The van der Waals surface area contributed by atoms with E-state index in [4.69, 9.17) is 0 Å². The van der Waals surface area contributed by atoms with Crippen molar-refractivity contribution in [1.29, 1.82) is 0 Å². The van der Waals surface area contributed by atoms with Gasteiger partial charge in [0.15, 0.2) is 0 Å². The Labute approximate surface area is 117 Å². The first-order valence-electron chi connectivity index (χ1n) is 5.97. The Morgan fingerprint density at radius 1 is 1.11 bits per heavy atom. The number of anilines is 1. The molecule has 0 fully saturated rings. The molecule has 18 heavy (non-hydrogen) atoms. The molecule has 2 heteroatoms. The summed E-state index contributed by atoms with van der Waals surface area (Å²) in [6.45, 7) is 2.91. The van der Waals surface area contributed by atoms with Gasteiger partial charge >= 0.3 is 0 Å². The molecular weight excluding hydrogens is 286 g/mol. The van der Waals surface area contributed by atoms with Gasteiger partial charge in [-0.1, -0.05) is 48.6 Å². The second kappa shape index (κ2) is 6.41. The summed E-state index contributed by atoms with van der Waals surface area (Å²) in [6, 6.07) is 16.6. The fourth-order valence-electron chi connectivity index (χ4n) is 1.70. The van der Waals surface area contributed by atoms with Crippen molar-refractivity contribution in [2.24, 2.45) is 0 Å². The maximum Gasteiger partial charge on any atom is 0.0489 e. The van der Waals surface area contributed by atoms with Crippen LogP contribution < -0.4 is 5.32 Å². The molecule has 2 aromatic carbocycles. The molecule has 0 atom stereocenters. The van der Waals surface area contributed by atoms with Gasteiger partial charge in [-0.15, -0.1) is 0 Å². The van der Waals surface area contributed by atoms with Crippen molar-refractivity contribution in [3.05, 3.63) is 70.2 Å². The average molecular weight is 302 g/mol. The molecule has 2 rings (SSSR count). The molecule has 0 aliphatic rings. The molecule has 0 radical (unpaired) electrons. The minimum Gasteiger partial charge on any atom is -0.381 e. The van der Waals surface area contributed by atoms with E-state index in [2.05, 4.69) is 70.7 Å². The fourth-order valence-corrected chi connectivity index (χ4v) is 2.09. The molecule has 1 nitrogen and oxygen atoms in total. The van der Waals surface area contributed by atoms with E-state index in [9.17, 15) is 0 Å². The Bertz CT molecular complexity index is 532. The van der Waals surface area contributed by atoms with Crippen LogP contribution in [0, 0.1) is 6.92 Å². The van der Waals surface area contributed by atoms with Crippen molar-refractivity contribution >= 4 is 27.7 Å². The second-order valence-electron chi connectivity index (χ2n) is 4.18. The Balaban J connectivity index is 1.92. The zero-order chi connectivity index (χ0) is 12.8. The molecule has 0 aliphatic carbocycles. The van der Waals surface area contributed by atoms with Crippen LogP contribution in [-0.4, -0.2) is 6.54 Å². The molecule has 0 saturated heterocycles. The number of nitrogens with one attached hydrogen (secondary N) is 1. The largest absolute Gasteiger partial charge is 0.381 e. The van der Waals surface area contributed by atoms with Gasteiger partial charge in [-0.3, -0.25) is 0 Å². The minimum atomic E-state index is 0.816. The number of benzene rings is 2. The lowest BCUT2D eigenvalue weighted by molar-refractivity contribution is 1.31. The van der Waals surface area contributed by atoms with E-state index < -0.39 is 0 Å². The van der Waals surface area contributed by atoms with Gasteiger partial charge in [-0.05, 0) is 46.1 Å². The normalized spacial score (nSPS) is 10.8. The summed E-state index contributed by atoms with van der Waals surface area (Å²) in [7, 11) is 0. The Morgan fingerprint density at radius 3 is 2.67 bits per heavy atom. The highest BCUT2D eigenvalue weighted by Gasteiger charge is 1.97. The smallest absolute Gasteiger partial charge is 0.0489 e. The predicted molar refractivity (Wildman–Crippen MR) is 82.8 cm³/mol. The molecule has 0 aliphatic heterocycles. The van der Waals surface area contributed by atoms with Gasteiger partial charge < -0.3 is 5.32 Å². The average Bonchev–Trinajstić information content (AvgIpc) is 2.40. The molecule has 92 valence electrons. The number of hydrogen-bond donors (Lipinski definition) is 1. The molecule has 0 unspecified atom stereocenters. The first-order valence-corrected chi connectivity index (χ1v) is 6.76. The topological polar surface area (TPSA) is 12.0 Å². The van der Waals surface area contributed by atoms with Crippen molar-refractivity contribution < 1.29 is 0 Å². The van der Waals surface area contributed by atoms with Crippen LogP contribution >= 0.6 is 15.9 Å². The highest BCUT2D eigenvalue weighted by molar-refractivity contribution is 9.10. The van der Waals surface area contributed by atoms with Gasteiger partial charge in [0.25, 0.3) is 0 Å². The summed E-state index contributed by atoms with van der Waals surface area (Å²) in [5, 5.41) is 3.39. The van der Waals surface area contributed by atoms with Gasteiger partial charge in [0.05, 0.1) is 0 Å². The number of rotatable bonds is 4. The van der Waals surface area contributed by atoms with Crippen LogP contribution in [0.25, 0.3) is 6.08 Å². The lowest BCUT2D eigenvalue weighted by Gasteiger charge is -2.07. The van der Waals surface area contributed by atoms with Gasteiger partial charge in [-0.25, -0.2) is 0 Å². The maximum absolute atomic E-state index is 3.54. The molecular formula is C16H16BrN. The third kappa shape index (κ3) is 3.74. The van der Waals surface area contributed by atoms with Crippen LogP contribution in [0.3, 0.4) is 0 Å². The quantitative estimate of drug-likeness (QED) is 0.848. The van der Waals surface area contributed by atoms with E-state index in [1.807, 2.05) is 18.2 Å². The molecule has 0 aromatic heterocycles. The molecule has 0 spiro atoms. The van der Waals surface area contributed by atoms with Gasteiger partial charge in [0.2, 0.25) is 0 Å². The van der Waals surface area contributed by atoms with E-state index in [0.717, 1.165) is 16.7 Å². The highest BCUT2D eigenvalue weighted by atomic mass is 79.9. The molecule has 0 saturated carbocycles. The summed E-state index contributed by atoms with van der Waals surface area (Å²) in [5.41, 5.74) is 3.61. The zero-order valence-electron chi connectivity index (χ0n) is 10.4. The van der Waals surface area contributed by atoms with Gasteiger partial charge in [0, 0.05) is 16.7 Å². The van der Waals surface area contributed by atoms with Crippen LogP contribution in [-0.2, 0) is 0 Å². The van der Waals surface area contributed by atoms with Crippen molar-refractivity contribution in [3.63, 3.8) is 0 Å². The highest BCUT2D eigenvalue weighted by Crippen LogP contribution is 2.23. The molecule has 1 N–H and O–H groups in total. The van der Waals surface area contributed by atoms with E-state index in [-0.39, 0.29) is 0 Å². The third-order valence-corrected chi connectivity index (χ3v) is 3.33. The second-order valence-corrected chi connectivity index (χ2v) is 5.03. The number of hydrogen-bond acceptors (Lipinski definition) is 1. The van der Waals surface area contributed by atoms with Crippen molar-refractivity contribution in [2.75, 3.05) is 11.9 Å². The van der Waals surface area contributed by atoms with Crippen molar-refractivity contribution in [2.45, 2.75) is 6.92 Å². The Hall–Kier alpha value is -1.54. The summed E-state index contributed by atoms with van der Waals surface area (Å²) in [5.74, 6) is 0. The van der Waals surface area contributed by atoms with Gasteiger partial charge in [0.1, 0.15) is 0 Å². The third-order valence-electron chi connectivity index (χ3n) is 2.64. The maximum atomic E-state index is 3.54. The van der Waals surface area contributed by atoms with Crippen LogP contribution in [0.2, 0.25) is 0 Å². The monoisotopic (exact) mass is 301 g/mol. The van der Waals surface area contributed by atoms with Gasteiger partial charge in [-0.2, -0.15) is 0 Å². The molecule has 2 aromatic rings. The number of aryl methyl sites for hydroxylation is 1. The first-order chi connectivity index (χ1) is 8.75. The fraction of sp³-hybridized carbons (Fsp3) is 0.125. The van der Waals surface area contributed by atoms with E-state index in [1.54, 1.807) is 0 Å². The Kier molecular flexibility index (Phi) is 4.59.